The summed E-state index contributed by atoms with van der Waals surface area (Å²) >= 11 is 17.1. The minimum absolute atomic E-state index is 0.0209. The number of carbonyl (C=O) groups excluding carboxylic acids is 3. The lowest BCUT2D eigenvalue weighted by Gasteiger charge is -2.12. The molecule has 7 heteroatoms. The zero-order valence-electron chi connectivity index (χ0n) is 9.56. The van der Waals surface area contributed by atoms with Crippen LogP contribution in [0, 0.1) is 0 Å². The minimum Gasteiger partial charge on any atom is -0.325 e. The topological polar surface area (TPSA) is 63.2 Å². The van der Waals surface area contributed by atoms with Gasteiger partial charge in [0.05, 0.1) is 23.2 Å². The Labute approximate surface area is 124 Å². The number of amides is 1. The molecule has 1 heterocycles. The number of ketones is 2. The summed E-state index contributed by atoms with van der Waals surface area (Å²) in [6.45, 7) is 0. The number of Topliss-reactive ketones (excluding diaryl/α,β-unsaturated/α-hetero) is 2. The Morgan fingerprint density at radius 1 is 1.16 bits per heavy atom. The highest BCUT2D eigenvalue weighted by atomic mass is 35.5. The summed E-state index contributed by atoms with van der Waals surface area (Å²) in [7, 11) is 0. The van der Waals surface area contributed by atoms with Crippen molar-refractivity contribution in [3.05, 3.63) is 27.8 Å². The first-order valence-corrected chi connectivity index (χ1v) is 6.77. The van der Waals surface area contributed by atoms with E-state index in [4.69, 9.17) is 34.8 Å². The predicted octanol–water partition coefficient (Wildman–Crippen LogP) is 2.68. The van der Waals surface area contributed by atoms with Crippen LogP contribution in [0.3, 0.4) is 0 Å². The van der Waals surface area contributed by atoms with Crippen molar-refractivity contribution in [2.75, 3.05) is 17.1 Å². The number of hydrogen-bond acceptors (Lipinski definition) is 3. The number of hydrogen-bond donors (Lipinski definition) is 1. The van der Waals surface area contributed by atoms with Crippen molar-refractivity contribution in [3.63, 3.8) is 0 Å². The molecule has 0 saturated carbocycles. The molecule has 0 radical (unpaired) electrons. The van der Waals surface area contributed by atoms with Gasteiger partial charge in [-0.05, 0) is 11.6 Å². The Kier molecular flexibility index (Phi) is 4.13. The van der Waals surface area contributed by atoms with Crippen molar-refractivity contribution in [2.24, 2.45) is 0 Å². The van der Waals surface area contributed by atoms with Crippen molar-refractivity contribution in [1.29, 1.82) is 0 Å². The van der Waals surface area contributed by atoms with E-state index in [1.807, 2.05) is 0 Å². The van der Waals surface area contributed by atoms with Crippen LogP contribution < -0.4 is 5.32 Å². The van der Waals surface area contributed by atoms with Gasteiger partial charge in [-0.25, -0.2) is 0 Å². The van der Waals surface area contributed by atoms with Crippen LogP contribution in [-0.2, 0) is 11.2 Å². The van der Waals surface area contributed by atoms with E-state index in [1.165, 1.54) is 6.07 Å². The highest BCUT2D eigenvalue weighted by molar-refractivity contribution is 6.40. The molecule has 19 heavy (non-hydrogen) atoms. The lowest BCUT2D eigenvalue weighted by molar-refractivity contribution is -0.115. The summed E-state index contributed by atoms with van der Waals surface area (Å²) in [6, 6.07) is 1.45. The Morgan fingerprint density at radius 2 is 1.74 bits per heavy atom. The molecule has 0 bridgehead atoms. The van der Waals surface area contributed by atoms with Gasteiger partial charge in [-0.15, -0.1) is 23.2 Å². The fraction of sp³-hybridized carbons (Fsp3) is 0.250. The van der Waals surface area contributed by atoms with Gasteiger partial charge in [0.1, 0.15) is 0 Å². The molecule has 1 aliphatic rings. The molecule has 0 spiro atoms. The standard InChI is InChI=1S/C12H8Cl3NO3/c13-3-8(17)11-5-1-10(19)16-7(5)2-6(15)12(11)9(18)4-14/h2H,1,3-4H2,(H,16,19). The highest BCUT2D eigenvalue weighted by Gasteiger charge is 2.30. The van der Waals surface area contributed by atoms with Gasteiger partial charge in [0.2, 0.25) is 5.91 Å². The number of halogens is 3. The second kappa shape index (κ2) is 5.49. The number of alkyl halides is 2. The quantitative estimate of drug-likeness (QED) is 0.685. The normalized spacial score (nSPS) is 13.1. The van der Waals surface area contributed by atoms with E-state index in [-0.39, 0.29) is 40.2 Å². The number of fused-ring (bicyclic) bond motifs is 1. The van der Waals surface area contributed by atoms with Crippen LogP contribution in [0.2, 0.25) is 5.02 Å². The van der Waals surface area contributed by atoms with Crippen molar-refractivity contribution in [2.45, 2.75) is 6.42 Å². The molecule has 1 aromatic carbocycles. The van der Waals surface area contributed by atoms with E-state index in [2.05, 4.69) is 5.32 Å². The maximum Gasteiger partial charge on any atom is 0.228 e. The first kappa shape index (κ1) is 14.3. The van der Waals surface area contributed by atoms with Gasteiger partial charge >= 0.3 is 0 Å². The van der Waals surface area contributed by atoms with Gasteiger partial charge in [-0.2, -0.15) is 0 Å². The second-order valence-corrected chi connectivity index (χ2v) is 4.91. The van der Waals surface area contributed by atoms with Crippen LogP contribution in [0.15, 0.2) is 6.07 Å². The maximum absolute atomic E-state index is 11.9. The molecule has 0 saturated heterocycles. The molecule has 1 aromatic rings. The Bertz CT molecular complexity index is 598. The highest BCUT2D eigenvalue weighted by Crippen LogP contribution is 2.35. The summed E-state index contributed by atoms with van der Waals surface area (Å²) in [4.78, 5) is 35.2. The fourth-order valence-corrected chi connectivity index (χ4v) is 2.63. The van der Waals surface area contributed by atoms with Gasteiger partial charge in [0.15, 0.2) is 11.6 Å². The smallest absolute Gasteiger partial charge is 0.228 e. The Balaban J connectivity index is 2.74. The van der Waals surface area contributed by atoms with Crippen LogP contribution in [0.5, 0.6) is 0 Å². The van der Waals surface area contributed by atoms with Gasteiger partial charge in [0.25, 0.3) is 0 Å². The summed E-state index contributed by atoms with van der Waals surface area (Å²) in [5.41, 5.74) is 1.03. The molecule has 2 rings (SSSR count). The largest absolute Gasteiger partial charge is 0.325 e. The molecular weight excluding hydrogens is 312 g/mol. The maximum atomic E-state index is 11.9. The minimum atomic E-state index is -0.470. The first-order valence-electron chi connectivity index (χ1n) is 5.33. The molecule has 1 N–H and O–H groups in total. The van der Waals surface area contributed by atoms with Crippen molar-refractivity contribution >= 4 is 58.0 Å². The lowest BCUT2D eigenvalue weighted by Crippen LogP contribution is -2.14. The number of carbonyl (C=O) groups is 3. The van der Waals surface area contributed by atoms with E-state index in [1.54, 1.807) is 0 Å². The molecular formula is C12H8Cl3NO3. The summed E-state index contributed by atoms with van der Waals surface area (Å²) in [6.07, 6.45) is 0.0209. The molecule has 0 atom stereocenters. The molecule has 0 aromatic heterocycles. The van der Waals surface area contributed by atoms with Crippen LogP contribution in [0.4, 0.5) is 5.69 Å². The van der Waals surface area contributed by atoms with Crippen molar-refractivity contribution in [1.82, 2.24) is 0 Å². The summed E-state index contributed by atoms with van der Waals surface area (Å²) < 4.78 is 0. The molecule has 4 nitrogen and oxygen atoms in total. The Hall–Kier alpha value is -1.10. The monoisotopic (exact) mass is 319 g/mol. The lowest BCUT2D eigenvalue weighted by atomic mass is 9.94. The van der Waals surface area contributed by atoms with E-state index < -0.39 is 11.6 Å². The molecule has 0 fully saturated rings. The zero-order chi connectivity index (χ0) is 14.2. The number of rotatable bonds is 4. The molecule has 1 aliphatic heterocycles. The third kappa shape index (κ3) is 2.48. The Morgan fingerprint density at radius 3 is 2.32 bits per heavy atom. The summed E-state index contributed by atoms with van der Waals surface area (Å²) in [5, 5.41) is 2.66. The van der Waals surface area contributed by atoms with E-state index in [0.29, 0.717) is 11.3 Å². The third-order valence-electron chi connectivity index (χ3n) is 2.80. The molecule has 1 amide bonds. The third-order valence-corrected chi connectivity index (χ3v) is 3.58. The van der Waals surface area contributed by atoms with Gasteiger partial charge in [-0.3, -0.25) is 14.4 Å². The average Bonchev–Trinajstić information content (AvgIpc) is 2.75. The first-order chi connectivity index (χ1) is 8.99. The van der Waals surface area contributed by atoms with Crippen LogP contribution >= 0.6 is 34.8 Å². The van der Waals surface area contributed by atoms with Crippen LogP contribution in [0.1, 0.15) is 26.3 Å². The van der Waals surface area contributed by atoms with E-state index in [0.717, 1.165) is 0 Å². The number of anilines is 1. The van der Waals surface area contributed by atoms with Crippen molar-refractivity contribution in [3.8, 4) is 0 Å². The van der Waals surface area contributed by atoms with Gasteiger partial charge < -0.3 is 5.32 Å². The molecule has 100 valence electrons. The fourth-order valence-electron chi connectivity index (χ4n) is 2.06. The molecule has 0 aliphatic carbocycles. The van der Waals surface area contributed by atoms with E-state index >= 15 is 0 Å². The van der Waals surface area contributed by atoms with Gasteiger partial charge in [-0.1, -0.05) is 11.6 Å². The molecule has 0 unspecified atom stereocenters. The average molecular weight is 321 g/mol. The SMILES string of the molecule is O=C1Cc2c(cc(Cl)c(C(=O)CCl)c2C(=O)CCl)N1. The number of nitrogens with one attached hydrogen (secondary N) is 1. The second-order valence-electron chi connectivity index (χ2n) is 3.97. The van der Waals surface area contributed by atoms with E-state index in [9.17, 15) is 14.4 Å². The zero-order valence-corrected chi connectivity index (χ0v) is 11.8. The van der Waals surface area contributed by atoms with Crippen LogP contribution in [-0.4, -0.2) is 29.2 Å². The number of benzene rings is 1. The van der Waals surface area contributed by atoms with Gasteiger partial charge in [0, 0.05) is 16.8 Å². The summed E-state index contributed by atoms with van der Waals surface area (Å²) in [5.74, 6) is -1.79. The predicted molar refractivity (Wildman–Crippen MR) is 73.9 cm³/mol. The van der Waals surface area contributed by atoms with Crippen LogP contribution in [0.25, 0.3) is 0 Å². The van der Waals surface area contributed by atoms with Crippen molar-refractivity contribution < 1.29 is 14.4 Å².